The van der Waals surface area contributed by atoms with Gasteiger partial charge in [-0.15, -0.1) is 0 Å². The molecular weight excluding hydrogens is 340 g/mol. The Labute approximate surface area is 164 Å². The first kappa shape index (κ1) is 22.2. The molecule has 0 radical (unpaired) electrons. The molecule has 3 N–H and O–H groups in total. The highest BCUT2D eigenvalue weighted by Crippen LogP contribution is 2.50. The number of carboxylic acids is 1. The maximum Gasteiger partial charge on any atom is 0.303 e. The molecule has 1 unspecified atom stereocenters. The van der Waals surface area contributed by atoms with Crippen LogP contribution in [0.3, 0.4) is 0 Å². The lowest BCUT2D eigenvalue weighted by Gasteiger charge is -2.20. The van der Waals surface area contributed by atoms with Gasteiger partial charge in [0.1, 0.15) is 0 Å². The van der Waals surface area contributed by atoms with E-state index in [9.17, 15) is 15.0 Å². The van der Waals surface area contributed by atoms with Gasteiger partial charge in [-0.1, -0.05) is 56.9 Å². The van der Waals surface area contributed by atoms with Crippen molar-refractivity contribution in [1.29, 1.82) is 0 Å². The molecule has 2 saturated carbocycles. The maximum absolute atomic E-state index is 10.6. The zero-order valence-corrected chi connectivity index (χ0v) is 17.0. The molecule has 0 saturated heterocycles. The predicted molar refractivity (Wildman–Crippen MR) is 108 cm³/mol. The second-order valence-electron chi connectivity index (χ2n) is 8.71. The molecule has 0 aromatic carbocycles. The van der Waals surface area contributed by atoms with Gasteiger partial charge in [0.15, 0.2) is 0 Å². The summed E-state index contributed by atoms with van der Waals surface area (Å²) in [6.07, 6.45) is 14.7. The van der Waals surface area contributed by atoms with Crippen molar-refractivity contribution in [3.8, 4) is 0 Å². The van der Waals surface area contributed by atoms with Gasteiger partial charge in [0.2, 0.25) is 0 Å². The van der Waals surface area contributed by atoms with E-state index < -0.39 is 12.1 Å². The van der Waals surface area contributed by atoms with E-state index >= 15 is 0 Å². The van der Waals surface area contributed by atoms with Gasteiger partial charge in [0.05, 0.1) is 12.2 Å². The van der Waals surface area contributed by atoms with Crippen LogP contribution in [-0.2, 0) is 4.79 Å². The Kier molecular flexibility index (Phi) is 9.04. The van der Waals surface area contributed by atoms with Crippen molar-refractivity contribution < 1.29 is 20.1 Å². The number of fused-ring (bicyclic) bond motifs is 1. The second kappa shape index (κ2) is 11.0. The fourth-order valence-electron chi connectivity index (χ4n) is 4.82. The molecule has 2 fully saturated rings. The van der Waals surface area contributed by atoms with Crippen LogP contribution in [0.4, 0.5) is 0 Å². The van der Waals surface area contributed by atoms with Crippen molar-refractivity contribution in [3.63, 3.8) is 0 Å². The Bertz CT molecular complexity index is 524. The minimum absolute atomic E-state index is 0.136. The van der Waals surface area contributed by atoms with Gasteiger partial charge in [-0.25, -0.2) is 0 Å². The van der Waals surface area contributed by atoms with E-state index in [2.05, 4.69) is 26.0 Å². The summed E-state index contributed by atoms with van der Waals surface area (Å²) >= 11 is 0. The molecule has 2 rings (SSSR count). The van der Waals surface area contributed by atoms with Crippen LogP contribution in [0, 0.1) is 23.7 Å². The lowest BCUT2D eigenvalue weighted by molar-refractivity contribution is -0.137. The average Bonchev–Trinajstić information content (AvgIpc) is 3.13. The van der Waals surface area contributed by atoms with Crippen LogP contribution in [0.5, 0.6) is 0 Å². The minimum atomic E-state index is -0.729. The summed E-state index contributed by atoms with van der Waals surface area (Å²) in [6, 6.07) is 0. The van der Waals surface area contributed by atoms with Crippen molar-refractivity contribution in [2.75, 3.05) is 0 Å². The van der Waals surface area contributed by atoms with Gasteiger partial charge in [-0.3, -0.25) is 4.79 Å². The molecule has 2 aliphatic carbocycles. The van der Waals surface area contributed by atoms with Crippen LogP contribution < -0.4 is 0 Å². The molecule has 154 valence electrons. The number of aliphatic carboxylic acids is 1. The lowest BCUT2D eigenvalue weighted by Crippen LogP contribution is -2.19. The van der Waals surface area contributed by atoms with E-state index in [0.29, 0.717) is 18.3 Å². The van der Waals surface area contributed by atoms with Crippen LogP contribution in [0.1, 0.15) is 78.1 Å². The number of aliphatic hydroxyl groups is 2. The third kappa shape index (κ3) is 6.76. The number of aliphatic hydroxyl groups excluding tert-OH is 2. The minimum Gasteiger partial charge on any atom is -0.481 e. The van der Waals surface area contributed by atoms with Gasteiger partial charge in [0.25, 0.3) is 0 Å². The van der Waals surface area contributed by atoms with Gasteiger partial charge in [-0.05, 0) is 56.3 Å². The summed E-state index contributed by atoms with van der Waals surface area (Å²) in [4.78, 5) is 10.6. The van der Waals surface area contributed by atoms with Crippen LogP contribution in [0.15, 0.2) is 23.8 Å². The Hall–Kier alpha value is -1.13. The van der Waals surface area contributed by atoms with E-state index in [4.69, 9.17) is 5.11 Å². The van der Waals surface area contributed by atoms with Crippen molar-refractivity contribution in [1.82, 2.24) is 0 Å². The molecule has 0 bridgehead atoms. The fraction of sp³-hybridized carbons (Fsp3) is 0.783. The molecule has 4 heteroatoms. The van der Waals surface area contributed by atoms with E-state index in [1.54, 1.807) is 0 Å². The molecule has 6 atom stereocenters. The highest BCUT2D eigenvalue weighted by atomic mass is 16.4. The fourth-order valence-corrected chi connectivity index (χ4v) is 4.82. The zero-order valence-electron chi connectivity index (χ0n) is 17.0. The number of hydrogen-bond donors (Lipinski definition) is 3. The molecule has 0 amide bonds. The van der Waals surface area contributed by atoms with Crippen molar-refractivity contribution in [2.45, 2.75) is 90.3 Å². The normalized spacial score (nSPS) is 31.5. The van der Waals surface area contributed by atoms with Crippen LogP contribution >= 0.6 is 0 Å². The summed E-state index contributed by atoms with van der Waals surface area (Å²) in [7, 11) is 0. The third-order valence-electron chi connectivity index (χ3n) is 6.52. The molecule has 0 heterocycles. The summed E-state index contributed by atoms with van der Waals surface area (Å²) in [6.45, 7) is 4.29. The topological polar surface area (TPSA) is 77.8 Å². The highest BCUT2D eigenvalue weighted by molar-refractivity contribution is 5.66. The summed E-state index contributed by atoms with van der Waals surface area (Å²) in [5, 5.41) is 29.6. The smallest absolute Gasteiger partial charge is 0.303 e. The van der Waals surface area contributed by atoms with E-state index in [1.807, 2.05) is 6.08 Å². The van der Waals surface area contributed by atoms with Crippen LogP contribution in [-0.4, -0.2) is 33.5 Å². The number of rotatable bonds is 11. The number of hydrogen-bond acceptors (Lipinski definition) is 3. The first-order valence-corrected chi connectivity index (χ1v) is 10.9. The molecule has 0 aliphatic heterocycles. The molecule has 0 aromatic rings. The van der Waals surface area contributed by atoms with Gasteiger partial charge < -0.3 is 15.3 Å². The predicted octanol–water partition coefficient (Wildman–Crippen LogP) is 4.71. The molecule has 27 heavy (non-hydrogen) atoms. The zero-order chi connectivity index (χ0) is 19.8. The molecule has 0 aromatic heterocycles. The van der Waals surface area contributed by atoms with E-state index in [0.717, 1.165) is 38.5 Å². The quantitative estimate of drug-likeness (QED) is 0.359. The van der Waals surface area contributed by atoms with Crippen molar-refractivity contribution >= 4 is 5.97 Å². The van der Waals surface area contributed by atoms with Crippen molar-refractivity contribution in [2.24, 2.45) is 23.7 Å². The monoisotopic (exact) mass is 378 g/mol. The second-order valence-corrected chi connectivity index (χ2v) is 8.71. The summed E-state index contributed by atoms with van der Waals surface area (Å²) < 4.78 is 0. The lowest BCUT2D eigenvalue weighted by atomic mass is 9.89. The van der Waals surface area contributed by atoms with Gasteiger partial charge in [-0.2, -0.15) is 0 Å². The Morgan fingerprint density at radius 2 is 2.04 bits per heavy atom. The van der Waals surface area contributed by atoms with E-state index in [-0.39, 0.29) is 24.4 Å². The van der Waals surface area contributed by atoms with Crippen LogP contribution in [0.2, 0.25) is 0 Å². The van der Waals surface area contributed by atoms with Crippen LogP contribution in [0.25, 0.3) is 0 Å². The van der Waals surface area contributed by atoms with Gasteiger partial charge in [0, 0.05) is 12.3 Å². The van der Waals surface area contributed by atoms with Crippen molar-refractivity contribution in [3.05, 3.63) is 23.8 Å². The molecule has 0 spiro atoms. The molecular formula is C23H38O4. The van der Waals surface area contributed by atoms with E-state index in [1.165, 1.54) is 18.4 Å². The largest absolute Gasteiger partial charge is 0.481 e. The first-order chi connectivity index (χ1) is 12.9. The summed E-state index contributed by atoms with van der Waals surface area (Å²) in [5.74, 6) is 0.657. The molecule has 4 nitrogen and oxygen atoms in total. The Morgan fingerprint density at radius 3 is 2.74 bits per heavy atom. The average molecular weight is 379 g/mol. The maximum atomic E-state index is 10.6. The highest BCUT2D eigenvalue weighted by Gasteiger charge is 2.44. The number of unbranched alkanes of at least 4 members (excludes halogenated alkanes) is 3. The number of carbonyl (C=O) groups is 1. The first-order valence-electron chi connectivity index (χ1n) is 10.9. The molecule has 2 aliphatic rings. The Morgan fingerprint density at radius 1 is 1.26 bits per heavy atom. The van der Waals surface area contributed by atoms with Gasteiger partial charge >= 0.3 is 5.97 Å². The SMILES string of the molecule is CCCCCC(C)[C@@H](O)/C=C/[C@@H]1[C@H]2C/C(=C/CCCC(=O)O)C[C@@H]2C[C@H]1O. The third-order valence-corrected chi connectivity index (χ3v) is 6.52. The number of allylic oxidation sites excluding steroid dienone is 2. The Balaban J connectivity index is 1.84. The summed E-state index contributed by atoms with van der Waals surface area (Å²) in [5.41, 5.74) is 1.43. The number of carboxylic acid groups (broad SMARTS) is 1. The standard InChI is InChI=1S/C23H38O4/c1-3-4-5-8-16(2)21(24)12-11-19-20-14-17(9-6-7-10-23(26)27)13-18(20)15-22(19)25/h9,11-12,16,18-22,24-25H,3-8,10,13-15H2,1-2H3,(H,26,27)/b12-11+,17-9+/t16?,18-,19-,20+,21+,22-/m1/s1.